The van der Waals surface area contributed by atoms with E-state index in [-0.39, 0.29) is 29.0 Å². The molecule has 30 heavy (non-hydrogen) atoms. The highest BCUT2D eigenvalue weighted by molar-refractivity contribution is 5.94. The number of nitrogens with zero attached hydrogens (tertiary/aromatic N) is 3. The summed E-state index contributed by atoms with van der Waals surface area (Å²) in [6, 6.07) is 13.5. The van der Waals surface area contributed by atoms with Crippen LogP contribution in [0.5, 0.6) is 11.5 Å². The molecule has 1 saturated heterocycles. The molecule has 3 aromatic rings. The van der Waals surface area contributed by atoms with Gasteiger partial charge in [-0.2, -0.15) is 10.2 Å². The summed E-state index contributed by atoms with van der Waals surface area (Å²) in [7, 11) is 0. The number of hydrogen-bond donors (Lipinski definition) is 0. The number of amides is 1. The highest BCUT2D eigenvalue weighted by Crippen LogP contribution is 2.29. The first-order valence-electron chi connectivity index (χ1n) is 9.82. The predicted octanol–water partition coefficient (Wildman–Crippen LogP) is 4.88. The minimum Gasteiger partial charge on any atom is -0.457 e. The number of ether oxygens (including phenoxy) is 1. The smallest absolute Gasteiger partial charge is 0.256 e. The lowest BCUT2D eigenvalue weighted by molar-refractivity contribution is 0.0707. The lowest BCUT2D eigenvalue weighted by Crippen LogP contribution is -2.38. The molecule has 1 aliphatic heterocycles. The number of likely N-dealkylation sites (tertiary alicyclic amines) is 1. The second-order valence-electron chi connectivity index (χ2n) is 7.36. The van der Waals surface area contributed by atoms with Gasteiger partial charge in [-0.1, -0.05) is 0 Å². The monoisotopic (exact) mass is 409 g/mol. The normalized spacial score (nSPS) is 14.6. The van der Waals surface area contributed by atoms with E-state index in [0.29, 0.717) is 18.8 Å². The van der Waals surface area contributed by atoms with E-state index >= 15 is 0 Å². The molecule has 5 nitrogen and oxygen atoms in total. The Balaban J connectivity index is 1.40. The topological polar surface area (TPSA) is 55.3 Å². The molecular formula is C23H21F2N3O2. The van der Waals surface area contributed by atoms with Crippen LogP contribution in [0.1, 0.15) is 40.5 Å². The van der Waals surface area contributed by atoms with Crippen LogP contribution >= 0.6 is 0 Å². The lowest BCUT2D eigenvalue weighted by atomic mass is 9.93. The molecule has 0 radical (unpaired) electrons. The van der Waals surface area contributed by atoms with Gasteiger partial charge in [0.05, 0.1) is 17.0 Å². The Bertz CT molecular complexity index is 1030. The van der Waals surface area contributed by atoms with Crippen LogP contribution in [0.15, 0.2) is 54.6 Å². The van der Waals surface area contributed by atoms with Crippen LogP contribution in [0, 0.1) is 18.6 Å². The molecule has 0 spiro atoms. The maximum absolute atomic E-state index is 14.6. The van der Waals surface area contributed by atoms with Crippen LogP contribution in [0.4, 0.5) is 8.78 Å². The molecule has 1 fully saturated rings. The predicted molar refractivity (Wildman–Crippen MR) is 108 cm³/mol. The molecule has 0 aliphatic carbocycles. The largest absolute Gasteiger partial charge is 0.457 e. The average molecular weight is 409 g/mol. The summed E-state index contributed by atoms with van der Waals surface area (Å²) in [5.74, 6) is -0.491. The van der Waals surface area contributed by atoms with Crippen molar-refractivity contribution in [2.75, 3.05) is 13.1 Å². The number of hydrogen-bond acceptors (Lipinski definition) is 4. The van der Waals surface area contributed by atoms with E-state index in [2.05, 4.69) is 10.2 Å². The van der Waals surface area contributed by atoms with Gasteiger partial charge >= 0.3 is 0 Å². The number of rotatable bonds is 4. The number of benzene rings is 2. The number of halogens is 2. The zero-order valence-corrected chi connectivity index (χ0v) is 16.5. The standard InChI is InChI=1S/C23H21F2N3O2/c1-15-2-9-22(27-26-15)16-10-12-28(13-11-16)23(29)20-8-7-19(14-21(20)25)30-18-5-3-17(24)4-6-18/h2-9,14,16H,10-13H2,1H3. The van der Waals surface area contributed by atoms with Crippen molar-refractivity contribution in [2.45, 2.75) is 25.7 Å². The van der Waals surface area contributed by atoms with Crippen molar-refractivity contribution in [3.8, 4) is 11.5 Å². The van der Waals surface area contributed by atoms with E-state index in [1.807, 2.05) is 19.1 Å². The molecular weight excluding hydrogens is 388 g/mol. The minimum atomic E-state index is -0.647. The van der Waals surface area contributed by atoms with Crippen LogP contribution in [-0.2, 0) is 0 Å². The van der Waals surface area contributed by atoms with Gasteiger partial charge in [0.15, 0.2) is 0 Å². The number of aromatic nitrogens is 2. The molecule has 0 bridgehead atoms. The van der Waals surface area contributed by atoms with Crippen LogP contribution < -0.4 is 4.74 Å². The zero-order valence-electron chi connectivity index (χ0n) is 16.5. The summed E-state index contributed by atoms with van der Waals surface area (Å²) in [5, 5.41) is 8.34. The van der Waals surface area contributed by atoms with Gasteiger partial charge in [0, 0.05) is 25.1 Å². The SMILES string of the molecule is Cc1ccc(C2CCN(C(=O)c3ccc(Oc4ccc(F)cc4)cc3F)CC2)nn1. The summed E-state index contributed by atoms with van der Waals surface area (Å²) in [4.78, 5) is 14.5. The Morgan fingerprint density at radius 2 is 1.67 bits per heavy atom. The molecule has 0 atom stereocenters. The van der Waals surface area contributed by atoms with Crippen LogP contribution in [0.2, 0.25) is 0 Å². The van der Waals surface area contributed by atoms with Crippen molar-refractivity contribution in [3.63, 3.8) is 0 Å². The molecule has 1 aliphatic rings. The quantitative estimate of drug-likeness (QED) is 0.617. The second-order valence-corrected chi connectivity index (χ2v) is 7.36. The summed E-state index contributed by atoms with van der Waals surface area (Å²) >= 11 is 0. The van der Waals surface area contributed by atoms with E-state index in [0.717, 1.165) is 24.2 Å². The van der Waals surface area contributed by atoms with Gasteiger partial charge in [-0.25, -0.2) is 8.78 Å². The highest BCUT2D eigenvalue weighted by atomic mass is 19.1. The van der Waals surface area contributed by atoms with Crippen molar-refractivity contribution < 1.29 is 18.3 Å². The van der Waals surface area contributed by atoms with Gasteiger partial charge in [0.1, 0.15) is 23.1 Å². The van der Waals surface area contributed by atoms with Gasteiger partial charge in [-0.05, 0) is 68.3 Å². The van der Waals surface area contributed by atoms with E-state index in [9.17, 15) is 13.6 Å². The first-order chi connectivity index (χ1) is 14.5. The van der Waals surface area contributed by atoms with Gasteiger partial charge < -0.3 is 9.64 Å². The van der Waals surface area contributed by atoms with Crippen molar-refractivity contribution in [3.05, 3.63) is 83.2 Å². The number of carbonyl (C=O) groups excluding carboxylic acids is 1. The average Bonchev–Trinajstić information content (AvgIpc) is 2.76. The van der Waals surface area contributed by atoms with Crippen molar-refractivity contribution in [1.29, 1.82) is 0 Å². The van der Waals surface area contributed by atoms with Crippen LogP contribution in [0.3, 0.4) is 0 Å². The Kier molecular flexibility index (Phi) is 5.70. The summed E-state index contributed by atoms with van der Waals surface area (Å²) < 4.78 is 33.1. The Labute approximate surface area is 173 Å². The van der Waals surface area contributed by atoms with Crippen molar-refractivity contribution >= 4 is 5.91 Å². The Morgan fingerprint density at radius 1 is 0.967 bits per heavy atom. The zero-order chi connectivity index (χ0) is 21.1. The van der Waals surface area contributed by atoms with Crippen molar-refractivity contribution in [1.82, 2.24) is 15.1 Å². The van der Waals surface area contributed by atoms with E-state index in [1.54, 1.807) is 4.90 Å². The maximum atomic E-state index is 14.6. The van der Waals surface area contributed by atoms with E-state index < -0.39 is 5.82 Å². The molecule has 1 aromatic heterocycles. The fourth-order valence-electron chi connectivity index (χ4n) is 3.55. The van der Waals surface area contributed by atoms with Gasteiger partial charge in [-0.3, -0.25) is 4.79 Å². The fourth-order valence-corrected chi connectivity index (χ4v) is 3.55. The maximum Gasteiger partial charge on any atom is 0.256 e. The first-order valence-corrected chi connectivity index (χ1v) is 9.82. The molecule has 2 heterocycles. The van der Waals surface area contributed by atoms with Gasteiger partial charge in [0.2, 0.25) is 0 Å². The lowest BCUT2D eigenvalue weighted by Gasteiger charge is -2.31. The van der Waals surface area contributed by atoms with E-state index in [4.69, 9.17) is 4.74 Å². The fraction of sp³-hybridized carbons (Fsp3) is 0.261. The molecule has 0 unspecified atom stereocenters. The molecule has 2 aromatic carbocycles. The molecule has 7 heteroatoms. The number of piperidine rings is 1. The Hall–Kier alpha value is -3.35. The van der Waals surface area contributed by atoms with Gasteiger partial charge in [-0.15, -0.1) is 0 Å². The third-order valence-electron chi connectivity index (χ3n) is 5.24. The minimum absolute atomic E-state index is 0.00929. The Morgan fingerprint density at radius 3 is 2.30 bits per heavy atom. The molecule has 1 amide bonds. The first kappa shape index (κ1) is 19.9. The highest BCUT2D eigenvalue weighted by Gasteiger charge is 2.27. The van der Waals surface area contributed by atoms with E-state index in [1.165, 1.54) is 42.5 Å². The third kappa shape index (κ3) is 4.45. The molecule has 154 valence electrons. The third-order valence-corrected chi connectivity index (χ3v) is 5.24. The van der Waals surface area contributed by atoms with Crippen LogP contribution in [0.25, 0.3) is 0 Å². The van der Waals surface area contributed by atoms with Gasteiger partial charge in [0.25, 0.3) is 5.91 Å². The molecule has 4 rings (SSSR count). The van der Waals surface area contributed by atoms with Crippen LogP contribution in [-0.4, -0.2) is 34.1 Å². The van der Waals surface area contributed by atoms with Crippen molar-refractivity contribution in [2.24, 2.45) is 0 Å². The number of aryl methyl sites for hydroxylation is 1. The summed E-state index contributed by atoms with van der Waals surface area (Å²) in [6.45, 7) is 2.96. The number of carbonyl (C=O) groups is 1. The summed E-state index contributed by atoms with van der Waals surface area (Å²) in [5.41, 5.74) is 1.81. The molecule has 0 saturated carbocycles. The summed E-state index contributed by atoms with van der Waals surface area (Å²) in [6.07, 6.45) is 1.52. The second kappa shape index (κ2) is 8.57. The molecule has 0 N–H and O–H groups in total.